The third kappa shape index (κ3) is 51.2. The summed E-state index contributed by atoms with van der Waals surface area (Å²) in [6.07, 6.45) is 20.2. The number of carboxylic acid groups (broad SMARTS) is 4. The second-order valence-corrected chi connectivity index (χ2v) is 20.4. The van der Waals surface area contributed by atoms with Gasteiger partial charge in [0, 0.05) is 84.3 Å². The van der Waals surface area contributed by atoms with E-state index in [0.29, 0.717) is 45.4 Å². The lowest BCUT2D eigenvalue weighted by molar-refractivity contribution is -0.145. The van der Waals surface area contributed by atoms with Crippen molar-refractivity contribution in [2.75, 3.05) is 66.4 Å². The predicted molar refractivity (Wildman–Crippen MR) is 302 cm³/mol. The minimum absolute atomic E-state index is 0.00515. The lowest BCUT2D eigenvalue weighted by atomic mass is 9.95. The minimum Gasteiger partial charge on any atom is -0.481 e. The molecule has 0 radical (unpaired) electrons. The molecule has 0 rings (SSSR count). The number of rotatable bonds is 56. The van der Waals surface area contributed by atoms with Crippen LogP contribution in [0, 0.1) is 11.8 Å². The number of carboxylic acids is 4. The van der Waals surface area contributed by atoms with Crippen LogP contribution >= 0.6 is 0 Å². The fraction of sp³-hybridized carbons (Fsp3) is 0.810. The molecule has 0 bridgehead atoms. The van der Waals surface area contributed by atoms with Gasteiger partial charge in [0.25, 0.3) is 0 Å². The molecule has 0 aromatic carbocycles. The molecule has 0 unspecified atom stereocenters. The molecule has 0 saturated carbocycles. The van der Waals surface area contributed by atoms with Gasteiger partial charge in [-0.25, -0.2) is 9.59 Å². The van der Waals surface area contributed by atoms with E-state index in [1.165, 1.54) is 52.1 Å². The molecule has 0 aliphatic carbocycles. The molecular weight excluding hydrogens is 1060 g/mol. The third-order valence-electron chi connectivity index (χ3n) is 13.2. The Morgan fingerprint density at radius 1 is 0.407 bits per heavy atom. The molecule has 468 valence electrons. The fourth-order valence-electron chi connectivity index (χ4n) is 8.38. The Morgan fingerprint density at radius 2 is 0.914 bits per heavy atom. The highest BCUT2D eigenvalue weighted by Gasteiger charge is 2.26. The van der Waals surface area contributed by atoms with Gasteiger partial charge < -0.3 is 60.6 Å². The summed E-state index contributed by atoms with van der Waals surface area (Å²) in [7, 11) is 1.40. The molecule has 4 amide bonds. The molecule has 23 nitrogen and oxygen atoms in total. The van der Waals surface area contributed by atoms with Gasteiger partial charge in [-0.2, -0.15) is 0 Å². The number of carbonyl (C=O) groups excluding carboxylic acids is 7. The molecule has 23 heteroatoms. The molecule has 0 aliphatic rings. The lowest BCUT2D eigenvalue weighted by Gasteiger charge is -2.16. The number of ether oxygens (including phenoxy) is 4. The number of aliphatic carboxylic acids is 4. The van der Waals surface area contributed by atoms with E-state index in [0.717, 1.165) is 70.6 Å². The Hall–Kier alpha value is -5.39. The van der Waals surface area contributed by atoms with Crippen molar-refractivity contribution in [3.63, 3.8) is 0 Å². The Bertz CT molecular complexity index is 1780. The van der Waals surface area contributed by atoms with Gasteiger partial charge in [0.15, 0.2) is 5.78 Å². The molecule has 0 aromatic rings. The van der Waals surface area contributed by atoms with E-state index in [1.54, 1.807) is 6.92 Å². The summed E-state index contributed by atoms with van der Waals surface area (Å²) in [5, 5.41) is 47.0. The van der Waals surface area contributed by atoms with Crippen molar-refractivity contribution < 1.29 is 92.1 Å². The molecule has 0 heterocycles. The van der Waals surface area contributed by atoms with Crippen molar-refractivity contribution in [2.24, 2.45) is 11.8 Å². The van der Waals surface area contributed by atoms with E-state index < -0.39 is 53.6 Å². The summed E-state index contributed by atoms with van der Waals surface area (Å²) in [5.74, 6) is -7.49. The average molecular weight is 1160 g/mol. The minimum atomic E-state index is -1.34. The number of unbranched alkanes of at least 4 members (excludes halogenated alkanes) is 14. The molecule has 0 aromatic heterocycles. The van der Waals surface area contributed by atoms with E-state index in [2.05, 4.69) is 26.0 Å². The number of nitrogens with one attached hydrogen (secondary N) is 4. The molecule has 0 spiro atoms. The first-order valence-corrected chi connectivity index (χ1v) is 29.6. The summed E-state index contributed by atoms with van der Waals surface area (Å²) >= 11 is 0. The van der Waals surface area contributed by atoms with Crippen molar-refractivity contribution in [2.45, 2.75) is 225 Å². The molecular formula is C58H102N4O19. The number of hydrogen-bond donors (Lipinski definition) is 8. The van der Waals surface area contributed by atoms with Crippen LogP contribution in [0.2, 0.25) is 0 Å². The summed E-state index contributed by atoms with van der Waals surface area (Å²) in [4.78, 5) is 128. The van der Waals surface area contributed by atoms with Crippen LogP contribution in [0.4, 0.5) is 0 Å². The largest absolute Gasteiger partial charge is 0.481 e. The Morgan fingerprint density at radius 3 is 1.43 bits per heavy atom. The van der Waals surface area contributed by atoms with Crippen LogP contribution < -0.4 is 21.3 Å². The van der Waals surface area contributed by atoms with E-state index in [1.807, 2.05) is 13.8 Å². The predicted octanol–water partition coefficient (Wildman–Crippen LogP) is 6.91. The Kier molecular flexibility index (Phi) is 51.7. The number of Topliss-reactive ketones (excluding diaryl/α,β-unsaturated/α-hetero) is 3. The van der Waals surface area contributed by atoms with Crippen molar-refractivity contribution in [1.82, 2.24) is 21.3 Å². The lowest BCUT2D eigenvalue weighted by Crippen LogP contribution is -2.42. The maximum absolute atomic E-state index is 12.3. The second kappa shape index (κ2) is 53.9. The van der Waals surface area contributed by atoms with E-state index >= 15 is 0 Å². The zero-order valence-electron chi connectivity index (χ0n) is 49.3. The van der Waals surface area contributed by atoms with Crippen molar-refractivity contribution in [1.29, 1.82) is 0 Å². The highest BCUT2D eigenvalue weighted by molar-refractivity contribution is 5.87. The molecule has 0 aliphatic heterocycles. The quantitative estimate of drug-likeness (QED) is 0.0287. The number of ketones is 3. The highest BCUT2D eigenvalue weighted by atomic mass is 16.5. The monoisotopic (exact) mass is 1160 g/mol. The Labute approximate surface area is 480 Å². The van der Waals surface area contributed by atoms with Gasteiger partial charge in [0.1, 0.15) is 36.9 Å². The first-order chi connectivity index (χ1) is 38.8. The SMILES string of the molecule is CCCOCCCC(=O)CC[C@H](NC(=O)CCCCCCCCCCCCCCCCC(=O)O)C(=O)O.CC[C@@H](CCCCNC(=O)CC[C@H](NC(=O)CC[C@H](CC(=O)COCCOCCNC(=O)COC)C(=O)O)C(=O)O)C(C)=O. The fourth-order valence-corrected chi connectivity index (χ4v) is 8.38. The van der Waals surface area contributed by atoms with Gasteiger partial charge in [0.2, 0.25) is 23.6 Å². The smallest absolute Gasteiger partial charge is 0.326 e. The molecule has 81 heavy (non-hydrogen) atoms. The van der Waals surface area contributed by atoms with E-state index in [9.17, 15) is 68.1 Å². The molecule has 0 saturated heterocycles. The zero-order valence-corrected chi connectivity index (χ0v) is 49.3. The summed E-state index contributed by atoms with van der Waals surface area (Å²) in [6, 6.07) is -2.35. The van der Waals surface area contributed by atoms with Crippen LogP contribution in [-0.2, 0) is 71.7 Å². The molecule has 8 N–H and O–H groups in total. The maximum atomic E-state index is 12.3. The number of methoxy groups -OCH3 is 1. The van der Waals surface area contributed by atoms with Gasteiger partial charge in [-0.15, -0.1) is 0 Å². The van der Waals surface area contributed by atoms with Crippen molar-refractivity contribution >= 4 is 64.9 Å². The zero-order chi connectivity index (χ0) is 60.9. The summed E-state index contributed by atoms with van der Waals surface area (Å²) < 4.78 is 20.4. The highest BCUT2D eigenvalue weighted by Crippen LogP contribution is 2.16. The molecule has 0 fully saturated rings. The average Bonchev–Trinajstić information content (AvgIpc) is 3.41. The number of carbonyl (C=O) groups is 11. The van der Waals surface area contributed by atoms with Crippen LogP contribution in [-0.4, -0.2) is 164 Å². The second-order valence-electron chi connectivity index (χ2n) is 20.4. The van der Waals surface area contributed by atoms with Crippen LogP contribution in [0.1, 0.15) is 213 Å². The van der Waals surface area contributed by atoms with Gasteiger partial charge in [0.05, 0.1) is 25.7 Å². The topological polar surface area (TPSA) is 354 Å². The van der Waals surface area contributed by atoms with Crippen molar-refractivity contribution in [3.8, 4) is 0 Å². The Balaban J connectivity index is 0. The van der Waals surface area contributed by atoms with Gasteiger partial charge in [-0.1, -0.05) is 97.3 Å². The first kappa shape index (κ1) is 77.7. The van der Waals surface area contributed by atoms with Gasteiger partial charge >= 0.3 is 23.9 Å². The van der Waals surface area contributed by atoms with E-state index in [4.69, 9.17) is 19.3 Å². The van der Waals surface area contributed by atoms with Crippen LogP contribution in [0.5, 0.6) is 0 Å². The van der Waals surface area contributed by atoms with Crippen LogP contribution in [0.25, 0.3) is 0 Å². The normalized spacial score (nSPS) is 12.4. The first-order valence-electron chi connectivity index (χ1n) is 29.6. The van der Waals surface area contributed by atoms with Crippen LogP contribution in [0.15, 0.2) is 0 Å². The standard InChI is InChI=1S/C29H49N3O12.C29H53NO7/c1-4-21(20(2)33)7-5-6-12-30-25(35)11-9-24(29(40)41)32-26(36)10-8-22(28(38)39)17-23(34)18-44-16-15-43-14-13-31-27(37)19-42-3;1-2-23-37-24-17-18-25(31)21-22-26(29(35)36)30-27(32)19-15-13-11-9-7-5-3-4-6-8-10-12-14-16-20-28(33)34/h21-22,24H,4-19H2,1-3H3,(H,30,35)(H,31,37)(H,32,36)(H,38,39)(H,40,41);26H,2-24H2,1H3,(H,30,32)(H,33,34)(H,35,36)/t21-,22+,24-;26-/m00/s1. The maximum Gasteiger partial charge on any atom is 0.326 e. The third-order valence-corrected chi connectivity index (χ3v) is 13.2. The van der Waals surface area contributed by atoms with Crippen molar-refractivity contribution in [3.05, 3.63) is 0 Å². The summed E-state index contributed by atoms with van der Waals surface area (Å²) in [5.41, 5.74) is 0. The van der Waals surface area contributed by atoms with E-state index in [-0.39, 0.29) is 126 Å². The summed E-state index contributed by atoms with van der Waals surface area (Å²) in [6.45, 7) is 7.50. The molecule has 4 atom stereocenters. The van der Waals surface area contributed by atoms with Crippen LogP contribution in [0.3, 0.4) is 0 Å². The number of amides is 4. The van der Waals surface area contributed by atoms with Gasteiger partial charge in [-0.3, -0.25) is 43.2 Å². The number of hydrogen-bond acceptors (Lipinski definition) is 15. The van der Waals surface area contributed by atoms with Gasteiger partial charge in [-0.05, 0) is 71.1 Å².